The number of amides is 1. The highest BCUT2D eigenvalue weighted by atomic mass is 35.5. The van der Waals surface area contributed by atoms with Gasteiger partial charge in [0.05, 0.1) is 14.2 Å². The average molecular weight is 480 g/mol. The van der Waals surface area contributed by atoms with Crippen molar-refractivity contribution in [3.63, 3.8) is 0 Å². The second-order valence-corrected chi connectivity index (χ2v) is 8.92. The lowest BCUT2D eigenvalue weighted by atomic mass is 9.89. The van der Waals surface area contributed by atoms with Gasteiger partial charge in [0, 0.05) is 24.8 Å². The number of ether oxygens (including phenoxy) is 2. The molecule has 4 rings (SSSR count). The van der Waals surface area contributed by atoms with E-state index in [4.69, 9.17) is 21.1 Å². The van der Waals surface area contributed by atoms with Crippen molar-refractivity contribution in [3.05, 3.63) is 88.2 Å². The van der Waals surface area contributed by atoms with Crippen molar-refractivity contribution in [3.8, 4) is 11.5 Å². The van der Waals surface area contributed by atoms with Crippen molar-refractivity contribution in [1.82, 2.24) is 15.2 Å². The van der Waals surface area contributed by atoms with E-state index in [0.717, 1.165) is 49.5 Å². The Balaban J connectivity index is 1.26. The number of piperidine rings is 1. The first-order valence-electron chi connectivity index (χ1n) is 11.5. The summed E-state index contributed by atoms with van der Waals surface area (Å²) in [6, 6.07) is 17.9. The number of pyridine rings is 1. The molecule has 0 spiro atoms. The summed E-state index contributed by atoms with van der Waals surface area (Å²) in [4.78, 5) is 18.7. The van der Waals surface area contributed by atoms with Crippen LogP contribution >= 0.6 is 11.6 Å². The molecule has 1 amide bonds. The number of nitrogens with one attached hydrogen (secondary N) is 1. The van der Waals surface area contributed by atoms with E-state index in [1.54, 1.807) is 26.4 Å². The Morgan fingerprint density at radius 2 is 1.71 bits per heavy atom. The smallest absolute Gasteiger partial charge is 0.251 e. The monoisotopic (exact) mass is 479 g/mol. The zero-order valence-corrected chi connectivity index (χ0v) is 20.3. The molecule has 2 heterocycles. The van der Waals surface area contributed by atoms with Crippen LogP contribution in [0.5, 0.6) is 11.5 Å². The highest BCUT2D eigenvalue weighted by Crippen LogP contribution is 2.31. The highest BCUT2D eigenvalue weighted by Gasteiger charge is 2.21. The van der Waals surface area contributed by atoms with E-state index in [9.17, 15) is 4.79 Å². The average Bonchev–Trinajstić information content (AvgIpc) is 2.88. The molecule has 0 radical (unpaired) electrons. The third-order valence-corrected chi connectivity index (χ3v) is 6.54. The molecule has 1 aliphatic rings. The molecule has 0 saturated carbocycles. The van der Waals surface area contributed by atoms with Crippen LogP contribution < -0.4 is 14.8 Å². The maximum atomic E-state index is 12.3. The number of aromatic nitrogens is 1. The summed E-state index contributed by atoms with van der Waals surface area (Å²) in [5, 5.41) is 3.25. The van der Waals surface area contributed by atoms with Gasteiger partial charge in [0.1, 0.15) is 5.15 Å². The fourth-order valence-corrected chi connectivity index (χ4v) is 4.57. The molecule has 1 fully saturated rings. The maximum absolute atomic E-state index is 12.3. The highest BCUT2D eigenvalue weighted by molar-refractivity contribution is 6.29. The number of halogens is 1. The quantitative estimate of drug-likeness (QED) is 0.457. The topological polar surface area (TPSA) is 63.7 Å². The van der Waals surface area contributed by atoms with Gasteiger partial charge in [-0.05, 0) is 72.8 Å². The Kier molecular flexibility index (Phi) is 8.03. The van der Waals surface area contributed by atoms with Crippen LogP contribution in [0.25, 0.3) is 0 Å². The zero-order chi connectivity index (χ0) is 23.9. The summed E-state index contributed by atoms with van der Waals surface area (Å²) in [7, 11) is 3.33. The molecule has 178 valence electrons. The Bertz CT molecular complexity index is 1110. The molecule has 0 unspecified atom stereocenters. The molecular formula is C27H30ClN3O3. The standard InChI is InChI=1S/C27H30ClN3O3/c1-33-24-8-5-20(15-25(24)34-2)18-31-13-10-22(11-14-31)21-6-3-19(4-7-21)17-30-27(32)23-9-12-29-26(28)16-23/h3-9,12,15-16,22H,10-11,13-14,17-18H2,1-2H3,(H,30,32). The predicted molar refractivity (Wildman–Crippen MR) is 134 cm³/mol. The molecule has 1 saturated heterocycles. The molecule has 0 atom stereocenters. The Morgan fingerprint density at radius 1 is 1.00 bits per heavy atom. The first kappa shape index (κ1) is 24.0. The number of methoxy groups -OCH3 is 2. The zero-order valence-electron chi connectivity index (χ0n) is 19.6. The van der Waals surface area contributed by atoms with Crippen LogP contribution in [-0.4, -0.2) is 43.1 Å². The molecule has 1 N–H and O–H groups in total. The second-order valence-electron chi connectivity index (χ2n) is 8.53. The van der Waals surface area contributed by atoms with Gasteiger partial charge < -0.3 is 14.8 Å². The molecule has 0 aliphatic carbocycles. The molecule has 1 aromatic heterocycles. The number of likely N-dealkylation sites (tertiary alicyclic amines) is 1. The SMILES string of the molecule is COc1ccc(CN2CCC(c3ccc(CNC(=O)c4ccnc(Cl)c4)cc3)CC2)cc1OC. The Hall–Kier alpha value is -3.09. The summed E-state index contributed by atoms with van der Waals surface area (Å²) in [6.07, 6.45) is 3.80. The third-order valence-electron chi connectivity index (χ3n) is 6.33. The van der Waals surface area contributed by atoms with Gasteiger partial charge in [-0.2, -0.15) is 0 Å². The number of carbonyl (C=O) groups excluding carboxylic acids is 1. The fraction of sp³-hybridized carbons (Fsp3) is 0.333. The molecule has 0 bridgehead atoms. The molecule has 7 heteroatoms. The molecule has 2 aromatic carbocycles. The van der Waals surface area contributed by atoms with Gasteiger partial charge in [0.2, 0.25) is 0 Å². The minimum atomic E-state index is -0.157. The molecular weight excluding hydrogens is 450 g/mol. The first-order valence-corrected chi connectivity index (χ1v) is 11.9. The number of carbonyl (C=O) groups is 1. The maximum Gasteiger partial charge on any atom is 0.251 e. The summed E-state index contributed by atoms with van der Waals surface area (Å²) in [5.74, 6) is 1.94. The van der Waals surface area contributed by atoms with Gasteiger partial charge in [0.15, 0.2) is 11.5 Å². The molecule has 34 heavy (non-hydrogen) atoms. The molecule has 6 nitrogen and oxygen atoms in total. The number of rotatable bonds is 8. The van der Waals surface area contributed by atoms with Crippen molar-refractivity contribution in [1.29, 1.82) is 0 Å². The van der Waals surface area contributed by atoms with Crippen molar-refractivity contribution in [2.45, 2.75) is 31.8 Å². The van der Waals surface area contributed by atoms with Gasteiger partial charge in [-0.15, -0.1) is 0 Å². The van der Waals surface area contributed by atoms with E-state index in [0.29, 0.717) is 23.2 Å². The van der Waals surface area contributed by atoms with Gasteiger partial charge in [0.25, 0.3) is 5.91 Å². The molecule has 3 aromatic rings. The van der Waals surface area contributed by atoms with Crippen molar-refractivity contribution < 1.29 is 14.3 Å². The van der Waals surface area contributed by atoms with E-state index in [-0.39, 0.29) is 5.91 Å². The van der Waals surface area contributed by atoms with Crippen LogP contribution in [0.2, 0.25) is 5.15 Å². The first-order chi connectivity index (χ1) is 16.6. The van der Waals surface area contributed by atoms with Crippen molar-refractivity contribution in [2.24, 2.45) is 0 Å². The van der Waals surface area contributed by atoms with Crippen LogP contribution in [0.15, 0.2) is 60.8 Å². The van der Waals surface area contributed by atoms with Crippen molar-refractivity contribution >= 4 is 17.5 Å². The second kappa shape index (κ2) is 11.4. The Labute approximate surface area is 205 Å². The van der Waals surface area contributed by atoms with E-state index >= 15 is 0 Å². The number of hydrogen-bond acceptors (Lipinski definition) is 5. The van der Waals surface area contributed by atoms with Gasteiger partial charge in [-0.1, -0.05) is 41.9 Å². The summed E-state index contributed by atoms with van der Waals surface area (Å²) in [6.45, 7) is 3.51. The number of hydrogen-bond donors (Lipinski definition) is 1. The van der Waals surface area contributed by atoms with Gasteiger partial charge in [-0.3, -0.25) is 9.69 Å². The lowest BCUT2D eigenvalue weighted by molar-refractivity contribution is 0.0951. The van der Waals surface area contributed by atoms with E-state index in [2.05, 4.69) is 51.6 Å². The van der Waals surface area contributed by atoms with Crippen molar-refractivity contribution in [2.75, 3.05) is 27.3 Å². The third kappa shape index (κ3) is 6.07. The summed E-state index contributed by atoms with van der Waals surface area (Å²) in [5.41, 5.74) is 4.18. The largest absolute Gasteiger partial charge is 0.493 e. The fourth-order valence-electron chi connectivity index (χ4n) is 4.40. The normalized spacial score (nSPS) is 14.6. The number of benzene rings is 2. The van der Waals surface area contributed by atoms with Crippen LogP contribution in [0, 0.1) is 0 Å². The predicted octanol–water partition coefficient (Wildman–Crippen LogP) is 5.06. The Morgan fingerprint density at radius 3 is 2.38 bits per heavy atom. The summed E-state index contributed by atoms with van der Waals surface area (Å²) < 4.78 is 10.8. The lowest BCUT2D eigenvalue weighted by Crippen LogP contribution is -2.32. The van der Waals surface area contributed by atoms with E-state index in [1.807, 2.05) is 6.07 Å². The van der Waals surface area contributed by atoms with Crippen LogP contribution in [0.3, 0.4) is 0 Å². The lowest BCUT2D eigenvalue weighted by Gasteiger charge is -2.32. The van der Waals surface area contributed by atoms with E-state index < -0.39 is 0 Å². The van der Waals surface area contributed by atoms with Crippen LogP contribution in [0.1, 0.15) is 45.8 Å². The minimum absolute atomic E-state index is 0.157. The van der Waals surface area contributed by atoms with E-state index in [1.165, 1.54) is 17.3 Å². The van der Waals surface area contributed by atoms with Gasteiger partial charge >= 0.3 is 0 Å². The molecule has 1 aliphatic heterocycles. The van der Waals surface area contributed by atoms with Crippen LogP contribution in [0.4, 0.5) is 0 Å². The summed E-state index contributed by atoms with van der Waals surface area (Å²) >= 11 is 5.87. The number of nitrogens with zero attached hydrogens (tertiary/aromatic N) is 2. The minimum Gasteiger partial charge on any atom is -0.493 e. The van der Waals surface area contributed by atoms with Crippen LogP contribution in [-0.2, 0) is 13.1 Å². The van der Waals surface area contributed by atoms with Gasteiger partial charge in [-0.25, -0.2) is 4.98 Å².